The van der Waals surface area contributed by atoms with Crippen LogP contribution < -0.4 is 5.56 Å². The van der Waals surface area contributed by atoms with Crippen molar-refractivity contribution in [2.24, 2.45) is 0 Å². The Labute approximate surface area is 90.4 Å². The van der Waals surface area contributed by atoms with E-state index < -0.39 is 11.5 Å². The minimum absolute atomic E-state index is 0.0880. The molecule has 2 aromatic rings. The summed E-state index contributed by atoms with van der Waals surface area (Å²) in [5, 5.41) is 3.42. The van der Waals surface area contributed by atoms with Crippen molar-refractivity contribution in [3.8, 4) is 0 Å². The molecule has 0 spiro atoms. The highest BCUT2D eigenvalue weighted by atomic mass is 16.5. The van der Waals surface area contributed by atoms with E-state index in [1.165, 1.54) is 7.11 Å². The van der Waals surface area contributed by atoms with Crippen LogP contribution in [0.15, 0.2) is 15.5 Å². The van der Waals surface area contributed by atoms with Gasteiger partial charge in [-0.2, -0.15) is 0 Å². The van der Waals surface area contributed by atoms with Gasteiger partial charge in [0.25, 0.3) is 11.3 Å². The lowest BCUT2D eigenvalue weighted by molar-refractivity contribution is 0.0591. The van der Waals surface area contributed by atoms with Gasteiger partial charge in [0, 0.05) is 0 Å². The maximum Gasteiger partial charge on any atom is 0.362 e. The predicted octanol–water partition coefficient (Wildman–Crippen LogP) is 0.724. The minimum Gasteiger partial charge on any atom is -0.464 e. The van der Waals surface area contributed by atoms with Crippen LogP contribution in [0.25, 0.3) is 11.2 Å². The first-order chi connectivity index (χ1) is 7.72. The van der Waals surface area contributed by atoms with E-state index in [9.17, 15) is 9.59 Å². The van der Waals surface area contributed by atoms with E-state index in [2.05, 4.69) is 19.9 Å². The van der Waals surface area contributed by atoms with Crippen molar-refractivity contribution in [1.29, 1.82) is 0 Å². The second-order valence-corrected chi connectivity index (χ2v) is 2.45. The van der Waals surface area contributed by atoms with Crippen LogP contribution in [0.1, 0.15) is 24.3 Å². The molecule has 0 unspecified atom stereocenters. The number of methoxy groups -OCH3 is 1. The molecule has 1 N–H and O–H groups in total. The van der Waals surface area contributed by atoms with Crippen LogP contribution in [0.5, 0.6) is 0 Å². The fourth-order valence-electron chi connectivity index (χ4n) is 0.991. The van der Waals surface area contributed by atoms with Gasteiger partial charge in [0.1, 0.15) is 5.52 Å². The average Bonchev–Trinajstić information content (AvgIpc) is 2.73. The van der Waals surface area contributed by atoms with Crippen LogP contribution in [0, 0.1) is 0 Å². The second kappa shape index (κ2) is 5.06. The monoisotopic (exact) mass is 225 g/mol. The Morgan fingerprint density at radius 1 is 1.50 bits per heavy atom. The van der Waals surface area contributed by atoms with Crippen molar-refractivity contribution in [1.82, 2.24) is 15.1 Å². The molecule has 0 bridgehead atoms. The molecule has 16 heavy (non-hydrogen) atoms. The van der Waals surface area contributed by atoms with Crippen molar-refractivity contribution < 1.29 is 14.1 Å². The maximum absolute atomic E-state index is 11.1. The lowest BCUT2D eigenvalue weighted by Crippen LogP contribution is -2.08. The first-order valence-electron chi connectivity index (χ1n) is 4.65. The van der Waals surface area contributed by atoms with E-state index in [1.807, 2.05) is 13.8 Å². The number of carbonyl (C=O) groups excluding carboxylic acids is 1. The number of ether oxygens (including phenoxy) is 1. The highest BCUT2D eigenvalue weighted by molar-refractivity contribution is 5.98. The Kier molecular flexibility index (Phi) is 3.76. The number of esters is 1. The predicted molar refractivity (Wildman–Crippen MR) is 55.1 cm³/mol. The quantitative estimate of drug-likeness (QED) is 0.718. The van der Waals surface area contributed by atoms with Crippen LogP contribution >= 0.6 is 0 Å². The summed E-state index contributed by atoms with van der Waals surface area (Å²) in [5.74, 6) is -0.688. The van der Waals surface area contributed by atoms with Crippen LogP contribution in [0.2, 0.25) is 0 Å². The van der Waals surface area contributed by atoms with E-state index in [-0.39, 0.29) is 16.9 Å². The first-order valence-corrected chi connectivity index (χ1v) is 4.65. The number of hydrogen-bond donors (Lipinski definition) is 1. The number of aromatic amines is 1. The Balaban J connectivity index is 0.000000606. The van der Waals surface area contributed by atoms with Gasteiger partial charge in [0.15, 0.2) is 0 Å². The van der Waals surface area contributed by atoms with Crippen molar-refractivity contribution in [3.05, 3.63) is 22.2 Å². The molecule has 0 amide bonds. The number of carbonyl (C=O) groups is 1. The van der Waals surface area contributed by atoms with Crippen molar-refractivity contribution in [3.63, 3.8) is 0 Å². The summed E-state index contributed by atoms with van der Waals surface area (Å²) in [4.78, 5) is 28.0. The summed E-state index contributed by atoms with van der Waals surface area (Å²) >= 11 is 0. The van der Waals surface area contributed by atoms with Gasteiger partial charge in [-0.15, -0.1) is 0 Å². The molecule has 86 valence electrons. The van der Waals surface area contributed by atoms with Crippen LogP contribution in [0.4, 0.5) is 0 Å². The molecule has 2 rings (SSSR count). The smallest absolute Gasteiger partial charge is 0.362 e. The highest BCUT2D eigenvalue weighted by Crippen LogP contribution is 2.11. The zero-order valence-corrected chi connectivity index (χ0v) is 9.10. The standard InChI is InChI=1S/C7H5N3O4.C2H6/c1-13-7(12)5-4-6(14-10-5)8-2-3(11)9-4;1-2/h2H,1H3,(H,9,11);1-2H3. The molecular weight excluding hydrogens is 214 g/mol. The molecule has 0 atom stereocenters. The molecule has 0 aliphatic heterocycles. The SMILES string of the molecule is CC.COC(=O)c1noc2ncc(=O)[nH]c12. The number of fused-ring (bicyclic) bond motifs is 1. The summed E-state index contributed by atoms with van der Waals surface area (Å²) in [6, 6.07) is 0. The van der Waals surface area contributed by atoms with Gasteiger partial charge >= 0.3 is 5.97 Å². The highest BCUT2D eigenvalue weighted by Gasteiger charge is 2.17. The lowest BCUT2D eigenvalue weighted by Gasteiger charge is -1.91. The van der Waals surface area contributed by atoms with E-state index in [0.717, 1.165) is 6.20 Å². The Morgan fingerprint density at radius 2 is 2.19 bits per heavy atom. The third kappa shape index (κ3) is 2.08. The van der Waals surface area contributed by atoms with E-state index >= 15 is 0 Å². The third-order valence-electron chi connectivity index (χ3n) is 1.60. The number of aromatic nitrogens is 3. The molecule has 0 fully saturated rings. The average molecular weight is 225 g/mol. The Bertz CT molecular complexity index is 543. The Hall–Kier alpha value is -2.18. The fraction of sp³-hybridized carbons (Fsp3) is 0.333. The molecule has 0 saturated carbocycles. The van der Waals surface area contributed by atoms with Crippen molar-refractivity contribution in [2.45, 2.75) is 13.8 Å². The summed E-state index contributed by atoms with van der Waals surface area (Å²) < 4.78 is 9.13. The van der Waals surface area contributed by atoms with E-state index in [4.69, 9.17) is 4.52 Å². The van der Waals surface area contributed by atoms with Gasteiger partial charge in [-0.3, -0.25) is 4.79 Å². The largest absolute Gasteiger partial charge is 0.464 e. The molecule has 7 nitrogen and oxygen atoms in total. The number of rotatable bonds is 1. The van der Waals surface area contributed by atoms with Crippen molar-refractivity contribution in [2.75, 3.05) is 7.11 Å². The molecule has 0 aliphatic carbocycles. The van der Waals surface area contributed by atoms with E-state index in [1.54, 1.807) is 0 Å². The normalized spacial score (nSPS) is 9.44. The second-order valence-electron chi connectivity index (χ2n) is 2.45. The zero-order chi connectivity index (χ0) is 12.1. The molecule has 0 radical (unpaired) electrons. The number of H-pyrrole nitrogens is 1. The van der Waals surface area contributed by atoms with Crippen LogP contribution in [-0.2, 0) is 4.74 Å². The van der Waals surface area contributed by atoms with Crippen LogP contribution in [0.3, 0.4) is 0 Å². The molecule has 7 heteroatoms. The molecule has 2 aromatic heterocycles. The van der Waals surface area contributed by atoms with E-state index in [0.29, 0.717) is 0 Å². The maximum atomic E-state index is 11.1. The fourth-order valence-corrected chi connectivity index (χ4v) is 0.991. The summed E-state index contributed by atoms with van der Waals surface area (Å²) in [7, 11) is 1.21. The molecule has 0 saturated heterocycles. The summed E-state index contributed by atoms with van der Waals surface area (Å²) in [5.41, 5.74) is -0.298. The number of nitrogens with one attached hydrogen (secondary N) is 1. The zero-order valence-electron chi connectivity index (χ0n) is 9.10. The van der Waals surface area contributed by atoms with Gasteiger partial charge in [-0.25, -0.2) is 9.78 Å². The molecule has 0 aliphatic rings. The topological polar surface area (TPSA) is 98.1 Å². The van der Waals surface area contributed by atoms with Gasteiger partial charge in [0.2, 0.25) is 5.69 Å². The van der Waals surface area contributed by atoms with Crippen molar-refractivity contribution >= 4 is 17.2 Å². The first kappa shape index (κ1) is 11.9. The number of nitrogens with zero attached hydrogens (tertiary/aromatic N) is 2. The number of hydrogen-bond acceptors (Lipinski definition) is 6. The summed E-state index contributed by atoms with van der Waals surface area (Å²) in [6.45, 7) is 4.00. The third-order valence-corrected chi connectivity index (χ3v) is 1.60. The van der Waals surface area contributed by atoms with Gasteiger partial charge in [0.05, 0.1) is 13.3 Å². The molecule has 0 aromatic carbocycles. The minimum atomic E-state index is -0.688. The lowest BCUT2D eigenvalue weighted by atomic mass is 10.4. The summed E-state index contributed by atoms with van der Waals surface area (Å²) in [6.07, 6.45) is 1.04. The van der Waals surface area contributed by atoms with Gasteiger partial charge < -0.3 is 14.2 Å². The molecule has 2 heterocycles. The Morgan fingerprint density at radius 3 is 2.81 bits per heavy atom. The molecular formula is C9H11N3O4. The van der Waals surface area contributed by atoms with Crippen LogP contribution in [-0.4, -0.2) is 28.2 Å². The van der Waals surface area contributed by atoms with Gasteiger partial charge in [-0.05, 0) is 0 Å². The van der Waals surface area contributed by atoms with Gasteiger partial charge in [-0.1, -0.05) is 19.0 Å².